The predicted octanol–water partition coefficient (Wildman–Crippen LogP) is 5.14. The highest BCUT2D eigenvalue weighted by atomic mass is 16.5. The van der Waals surface area contributed by atoms with Crippen LogP contribution in [-0.2, 0) is 0 Å². The van der Waals surface area contributed by atoms with Crippen LogP contribution in [0.15, 0.2) is 65.5 Å². The second-order valence-electron chi connectivity index (χ2n) is 7.37. The highest BCUT2D eigenvalue weighted by Gasteiger charge is 2.20. The molecule has 1 amide bonds. The molecule has 0 saturated carbocycles. The lowest BCUT2D eigenvalue weighted by Gasteiger charge is -2.11. The fourth-order valence-corrected chi connectivity index (χ4v) is 3.71. The molecule has 5 aromatic rings. The van der Waals surface area contributed by atoms with Crippen molar-refractivity contribution in [3.8, 4) is 23.1 Å². The molecule has 0 aliphatic heterocycles. The predicted molar refractivity (Wildman–Crippen MR) is 126 cm³/mol. The number of furan rings is 1. The molecule has 2 aromatic carbocycles. The second-order valence-corrected chi connectivity index (χ2v) is 7.37. The zero-order valence-corrected chi connectivity index (χ0v) is 18.7. The van der Waals surface area contributed by atoms with Crippen LogP contribution in [-0.4, -0.2) is 35.1 Å². The van der Waals surface area contributed by atoms with Crippen molar-refractivity contribution in [1.29, 1.82) is 0 Å². The highest BCUT2D eigenvalue weighted by molar-refractivity contribution is 6.13. The van der Waals surface area contributed by atoms with Crippen molar-refractivity contribution in [3.05, 3.63) is 72.4 Å². The molecule has 0 saturated heterocycles. The fraction of sp³-hybridized carbons (Fsp3) is 0.120. The Morgan fingerprint density at radius 3 is 2.53 bits per heavy atom. The van der Waals surface area contributed by atoms with Crippen LogP contribution in [0.2, 0.25) is 0 Å². The molecule has 0 spiro atoms. The monoisotopic (exact) mass is 456 g/mol. The molecule has 9 heteroatoms. The van der Waals surface area contributed by atoms with Crippen molar-refractivity contribution < 1.29 is 23.4 Å². The Morgan fingerprint density at radius 1 is 0.941 bits per heavy atom. The Hall–Kier alpha value is -4.66. The molecule has 0 aliphatic carbocycles. The molecular weight excluding hydrogens is 436 g/mol. The Morgan fingerprint density at radius 2 is 1.76 bits per heavy atom. The lowest BCUT2D eigenvalue weighted by Crippen LogP contribution is -2.13. The average Bonchev–Trinajstić information content (AvgIpc) is 3.19. The molecule has 170 valence electrons. The number of benzene rings is 2. The maximum atomic E-state index is 12.9. The van der Waals surface area contributed by atoms with Gasteiger partial charge in [0, 0.05) is 23.7 Å². The van der Waals surface area contributed by atoms with Gasteiger partial charge in [0.2, 0.25) is 5.88 Å². The topological polar surface area (TPSA) is 109 Å². The van der Waals surface area contributed by atoms with E-state index in [2.05, 4.69) is 20.3 Å². The zero-order chi connectivity index (χ0) is 23.7. The molecule has 1 N–H and O–H groups in total. The van der Waals surface area contributed by atoms with Gasteiger partial charge in [-0.15, -0.1) is 0 Å². The van der Waals surface area contributed by atoms with Crippen molar-refractivity contribution in [3.63, 3.8) is 0 Å². The van der Waals surface area contributed by atoms with E-state index in [0.29, 0.717) is 62.1 Å². The van der Waals surface area contributed by atoms with Crippen LogP contribution >= 0.6 is 0 Å². The number of pyridine rings is 1. The van der Waals surface area contributed by atoms with Crippen LogP contribution in [0.5, 0.6) is 23.1 Å². The summed E-state index contributed by atoms with van der Waals surface area (Å²) in [4.78, 5) is 25.6. The van der Waals surface area contributed by atoms with Gasteiger partial charge in [-0.2, -0.15) is 0 Å². The summed E-state index contributed by atoms with van der Waals surface area (Å²) in [5.41, 5.74) is 1.60. The summed E-state index contributed by atoms with van der Waals surface area (Å²) < 4.78 is 22.7. The van der Waals surface area contributed by atoms with E-state index in [4.69, 9.17) is 18.6 Å². The number of aryl methyl sites for hydroxylation is 1. The van der Waals surface area contributed by atoms with Crippen LogP contribution in [0.25, 0.3) is 21.9 Å². The number of hydrogen-bond acceptors (Lipinski definition) is 8. The lowest BCUT2D eigenvalue weighted by molar-refractivity contribution is 0.102. The summed E-state index contributed by atoms with van der Waals surface area (Å²) in [7, 11) is 3.12. The van der Waals surface area contributed by atoms with Gasteiger partial charge < -0.3 is 23.9 Å². The largest absolute Gasteiger partial charge is 0.493 e. The molecule has 0 radical (unpaired) electrons. The summed E-state index contributed by atoms with van der Waals surface area (Å²) >= 11 is 0. The van der Waals surface area contributed by atoms with Crippen molar-refractivity contribution in [2.75, 3.05) is 19.5 Å². The minimum absolute atomic E-state index is 0.300. The van der Waals surface area contributed by atoms with Crippen LogP contribution in [0.1, 0.15) is 16.1 Å². The average molecular weight is 456 g/mol. The van der Waals surface area contributed by atoms with Crippen LogP contribution in [0.4, 0.5) is 5.82 Å². The second kappa shape index (κ2) is 8.70. The number of hydrogen-bond donors (Lipinski definition) is 1. The number of carbonyl (C=O) groups is 1. The van der Waals surface area contributed by atoms with E-state index in [1.165, 1.54) is 6.33 Å². The Labute approximate surface area is 194 Å². The molecule has 34 heavy (non-hydrogen) atoms. The van der Waals surface area contributed by atoms with E-state index in [0.717, 1.165) is 0 Å². The van der Waals surface area contributed by atoms with Crippen LogP contribution in [0, 0.1) is 6.92 Å². The number of aromatic nitrogens is 3. The Kier molecular flexibility index (Phi) is 5.43. The van der Waals surface area contributed by atoms with Gasteiger partial charge in [-0.3, -0.25) is 4.79 Å². The zero-order valence-electron chi connectivity index (χ0n) is 18.7. The maximum absolute atomic E-state index is 12.9. The van der Waals surface area contributed by atoms with Gasteiger partial charge in [0.1, 0.15) is 29.2 Å². The minimum atomic E-state index is -0.300. The Bertz CT molecular complexity index is 1510. The number of anilines is 1. The van der Waals surface area contributed by atoms with Crippen molar-refractivity contribution in [2.24, 2.45) is 0 Å². The first-order chi connectivity index (χ1) is 16.6. The number of nitrogens with one attached hydrogen (secondary N) is 1. The summed E-state index contributed by atoms with van der Waals surface area (Å²) in [6.07, 6.45) is 3.03. The van der Waals surface area contributed by atoms with E-state index in [9.17, 15) is 4.79 Å². The number of amides is 1. The standard InChI is InChI=1S/C25H20N4O5/c1-14-23(24(30)29-22-6-4-5-9-26-22)16-8-7-15(10-19(16)33-14)34-25-17-11-20(31-2)21(32-3)12-18(17)27-13-28-25/h4-13H,1-3H3,(H,26,29,30). The lowest BCUT2D eigenvalue weighted by atomic mass is 10.1. The number of fused-ring (bicyclic) bond motifs is 2. The summed E-state index contributed by atoms with van der Waals surface area (Å²) in [6, 6.07) is 14.1. The first-order valence-corrected chi connectivity index (χ1v) is 10.4. The van der Waals surface area contributed by atoms with Crippen LogP contribution < -0.4 is 19.5 Å². The number of methoxy groups -OCH3 is 2. The van der Waals surface area contributed by atoms with Gasteiger partial charge in [-0.1, -0.05) is 6.07 Å². The van der Waals surface area contributed by atoms with Gasteiger partial charge in [0.05, 0.1) is 30.7 Å². The molecular formula is C25H20N4O5. The fourth-order valence-electron chi connectivity index (χ4n) is 3.71. The van der Waals surface area contributed by atoms with Gasteiger partial charge in [0.15, 0.2) is 11.5 Å². The third-order valence-corrected chi connectivity index (χ3v) is 5.29. The van der Waals surface area contributed by atoms with Gasteiger partial charge >= 0.3 is 0 Å². The molecule has 9 nitrogen and oxygen atoms in total. The highest BCUT2D eigenvalue weighted by Crippen LogP contribution is 2.37. The molecule has 0 bridgehead atoms. The van der Waals surface area contributed by atoms with Crippen molar-refractivity contribution in [1.82, 2.24) is 15.0 Å². The van der Waals surface area contributed by atoms with E-state index in [1.54, 1.807) is 75.9 Å². The normalized spacial score (nSPS) is 10.9. The maximum Gasteiger partial charge on any atom is 0.260 e. The molecule has 3 heterocycles. The first-order valence-electron chi connectivity index (χ1n) is 10.4. The molecule has 0 aliphatic rings. The van der Waals surface area contributed by atoms with E-state index in [-0.39, 0.29) is 5.91 Å². The minimum Gasteiger partial charge on any atom is -0.493 e. The quantitative estimate of drug-likeness (QED) is 0.374. The molecule has 5 rings (SSSR count). The third kappa shape index (κ3) is 3.83. The van der Waals surface area contributed by atoms with Gasteiger partial charge in [-0.25, -0.2) is 15.0 Å². The first kappa shape index (κ1) is 21.2. The molecule has 0 unspecified atom stereocenters. The van der Waals surface area contributed by atoms with E-state index >= 15 is 0 Å². The van der Waals surface area contributed by atoms with E-state index < -0.39 is 0 Å². The van der Waals surface area contributed by atoms with Gasteiger partial charge in [0.25, 0.3) is 5.91 Å². The molecule has 0 atom stereocenters. The SMILES string of the molecule is COc1cc2ncnc(Oc3ccc4c(C(=O)Nc5ccccn5)c(C)oc4c3)c2cc1OC. The number of ether oxygens (including phenoxy) is 3. The van der Waals surface area contributed by atoms with Crippen molar-refractivity contribution in [2.45, 2.75) is 6.92 Å². The molecule has 0 fully saturated rings. The van der Waals surface area contributed by atoms with E-state index in [1.807, 2.05) is 0 Å². The van der Waals surface area contributed by atoms with Gasteiger partial charge in [-0.05, 0) is 37.3 Å². The Balaban J connectivity index is 1.48. The molecule has 3 aromatic heterocycles. The summed E-state index contributed by atoms with van der Waals surface area (Å²) in [5.74, 6) is 2.59. The van der Waals surface area contributed by atoms with Crippen LogP contribution in [0.3, 0.4) is 0 Å². The number of carbonyl (C=O) groups excluding carboxylic acids is 1. The van der Waals surface area contributed by atoms with Crippen molar-refractivity contribution >= 4 is 33.6 Å². The third-order valence-electron chi connectivity index (χ3n) is 5.29. The summed E-state index contributed by atoms with van der Waals surface area (Å²) in [5, 5.41) is 4.11. The smallest absolute Gasteiger partial charge is 0.260 e. The number of rotatable bonds is 6. The number of nitrogens with zero attached hydrogens (tertiary/aromatic N) is 3. The summed E-state index contributed by atoms with van der Waals surface area (Å²) in [6.45, 7) is 1.74.